The average molecular weight is 291 g/mol. The number of fused-ring (bicyclic) bond motifs is 1. The van der Waals surface area contributed by atoms with Crippen molar-refractivity contribution in [2.45, 2.75) is 24.9 Å². The van der Waals surface area contributed by atoms with Gasteiger partial charge in [0.15, 0.2) is 5.03 Å². The summed E-state index contributed by atoms with van der Waals surface area (Å²) >= 11 is 0. The van der Waals surface area contributed by atoms with Gasteiger partial charge in [0.25, 0.3) is 10.0 Å². The molecule has 0 atom stereocenters. The van der Waals surface area contributed by atoms with Crippen molar-refractivity contribution in [2.75, 3.05) is 6.54 Å². The summed E-state index contributed by atoms with van der Waals surface area (Å²) in [4.78, 5) is 4.15. The Morgan fingerprint density at radius 3 is 2.55 bits per heavy atom. The number of hydrogen-bond donors (Lipinski definition) is 0. The predicted octanol–water partition coefficient (Wildman–Crippen LogP) is 1.48. The summed E-state index contributed by atoms with van der Waals surface area (Å²) in [5.41, 5.74) is 2.31. The lowest BCUT2D eigenvalue weighted by Crippen LogP contribution is -2.36. The first-order valence-corrected chi connectivity index (χ1v) is 7.99. The van der Waals surface area contributed by atoms with Crippen LogP contribution in [0.1, 0.15) is 17.0 Å². The van der Waals surface area contributed by atoms with Gasteiger partial charge in [0.05, 0.1) is 0 Å². The van der Waals surface area contributed by atoms with Gasteiger partial charge in [0.2, 0.25) is 0 Å². The highest BCUT2D eigenvalue weighted by Gasteiger charge is 2.30. The third-order valence-electron chi connectivity index (χ3n) is 3.79. The maximum atomic E-state index is 12.6. The Labute approximate surface area is 118 Å². The molecule has 0 unspecified atom stereocenters. The molecule has 1 aliphatic rings. The van der Waals surface area contributed by atoms with E-state index in [1.165, 1.54) is 9.87 Å². The molecule has 1 aromatic carbocycles. The standard InChI is InChI=1S/C14H17N3O2S/c1-11-15-14(10-16(11)2)20(18,19)17-8-7-12-5-3-4-6-13(12)9-17/h3-6,10H,7-9H2,1-2H3. The first-order chi connectivity index (χ1) is 9.48. The molecule has 1 aliphatic heterocycles. The number of aromatic nitrogens is 2. The Bertz CT molecular complexity index is 730. The number of hydrogen-bond acceptors (Lipinski definition) is 3. The first-order valence-electron chi connectivity index (χ1n) is 6.55. The molecule has 2 heterocycles. The largest absolute Gasteiger partial charge is 0.337 e. The fourth-order valence-corrected chi connectivity index (χ4v) is 3.90. The number of imidazole rings is 1. The second-order valence-electron chi connectivity index (χ2n) is 5.09. The van der Waals surface area contributed by atoms with Crippen molar-refractivity contribution in [3.63, 3.8) is 0 Å². The summed E-state index contributed by atoms with van der Waals surface area (Å²) in [6.45, 7) is 2.73. The van der Waals surface area contributed by atoms with Gasteiger partial charge < -0.3 is 4.57 Å². The van der Waals surface area contributed by atoms with Crippen molar-refractivity contribution < 1.29 is 8.42 Å². The van der Waals surface area contributed by atoms with Crippen LogP contribution in [0.15, 0.2) is 35.5 Å². The summed E-state index contributed by atoms with van der Waals surface area (Å²) in [5, 5.41) is 0.136. The Hall–Kier alpha value is -1.66. The van der Waals surface area contributed by atoms with Crippen molar-refractivity contribution in [2.24, 2.45) is 7.05 Å². The van der Waals surface area contributed by atoms with Gasteiger partial charge in [-0.1, -0.05) is 24.3 Å². The number of rotatable bonds is 2. The third kappa shape index (κ3) is 2.14. The number of sulfonamides is 1. The van der Waals surface area contributed by atoms with Gasteiger partial charge >= 0.3 is 0 Å². The minimum absolute atomic E-state index is 0.136. The van der Waals surface area contributed by atoms with Crippen molar-refractivity contribution in [1.82, 2.24) is 13.9 Å². The molecule has 0 radical (unpaired) electrons. The molecule has 0 amide bonds. The number of aryl methyl sites for hydroxylation is 2. The van der Waals surface area contributed by atoms with E-state index in [1.807, 2.05) is 18.2 Å². The highest BCUT2D eigenvalue weighted by atomic mass is 32.2. The predicted molar refractivity (Wildman–Crippen MR) is 75.7 cm³/mol. The van der Waals surface area contributed by atoms with Gasteiger partial charge in [-0.2, -0.15) is 4.31 Å². The normalized spacial score (nSPS) is 16.1. The molecule has 1 aromatic heterocycles. The monoisotopic (exact) mass is 291 g/mol. The van der Waals surface area contributed by atoms with E-state index in [4.69, 9.17) is 0 Å². The van der Waals surface area contributed by atoms with E-state index in [9.17, 15) is 8.42 Å². The third-order valence-corrected chi connectivity index (χ3v) is 5.50. The molecule has 3 rings (SSSR count). The van der Waals surface area contributed by atoms with Gasteiger partial charge in [-0.3, -0.25) is 0 Å². The highest BCUT2D eigenvalue weighted by Crippen LogP contribution is 2.24. The van der Waals surface area contributed by atoms with E-state index in [0.717, 1.165) is 12.0 Å². The first kappa shape index (κ1) is 13.3. The molecular weight excluding hydrogens is 274 g/mol. The molecule has 2 aromatic rings. The highest BCUT2D eigenvalue weighted by molar-refractivity contribution is 7.89. The van der Waals surface area contributed by atoms with Crippen molar-refractivity contribution in [3.8, 4) is 0 Å². The minimum atomic E-state index is -3.51. The molecule has 0 spiro atoms. The van der Waals surface area contributed by atoms with Crippen LogP contribution in [0.5, 0.6) is 0 Å². The zero-order valence-corrected chi connectivity index (χ0v) is 12.4. The topological polar surface area (TPSA) is 55.2 Å². The zero-order valence-electron chi connectivity index (χ0n) is 11.6. The summed E-state index contributed by atoms with van der Waals surface area (Å²) in [6.07, 6.45) is 2.33. The Balaban J connectivity index is 1.94. The maximum absolute atomic E-state index is 12.6. The second-order valence-corrected chi connectivity index (χ2v) is 6.98. The number of nitrogens with zero attached hydrogens (tertiary/aromatic N) is 3. The zero-order chi connectivity index (χ0) is 14.3. The molecule has 20 heavy (non-hydrogen) atoms. The van der Waals surface area contributed by atoms with Gasteiger partial charge in [0, 0.05) is 26.3 Å². The molecule has 0 bridgehead atoms. The van der Waals surface area contributed by atoms with E-state index in [0.29, 0.717) is 18.9 Å². The van der Waals surface area contributed by atoms with Gasteiger partial charge in [0.1, 0.15) is 5.82 Å². The summed E-state index contributed by atoms with van der Waals surface area (Å²) in [5.74, 6) is 0.695. The van der Waals surface area contributed by atoms with Crippen LogP contribution in [0.2, 0.25) is 0 Å². The van der Waals surface area contributed by atoms with Crippen LogP contribution in [-0.4, -0.2) is 28.8 Å². The van der Waals surface area contributed by atoms with E-state index >= 15 is 0 Å². The molecule has 6 heteroatoms. The van der Waals surface area contributed by atoms with Crippen LogP contribution in [0.3, 0.4) is 0 Å². The van der Waals surface area contributed by atoms with Gasteiger partial charge in [-0.05, 0) is 24.5 Å². The van der Waals surface area contributed by atoms with Crippen LogP contribution in [-0.2, 0) is 30.0 Å². The van der Waals surface area contributed by atoms with Crippen molar-refractivity contribution >= 4 is 10.0 Å². The summed E-state index contributed by atoms with van der Waals surface area (Å²) < 4.78 is 28.5. The SMILES string of the molecule is Cc1nc(S(=O)(=O)N2CCc3ccccc3C2)cn1C. The fourth-order valence-electron chi connectivity index (χ4n) is 2.46. The molecule has 106 valence electrons. The molecule has 0 N–H and O–H groups in total. The average Bonchev–Trinajstić information content (AvgIpc) is 2.79. The van der Waals surface area contributed by atoms with Gasteiger partial charge in [-0.15, -0.1) is 0 Å². The van der Waals surface area contributed by atoms with Crippen molar-refractivity contribution in [3.05, 3.63) is 47.4 Å². The van der Waals surface area contributed by atoms with E-state index in [1.54, 1.807) is 24.7 Å². The summed E-state index contributed by atoms with van der Waals surface area (Å²) in [6, 6.07) is 7.98. The second kappa shape index (κ2) is 4.71. The van der Waals surface area contributed by atoms with Crippen LogP contribution < -0.4 is 0 Å². The number of benzene rings is 1. The molecular formula is C14H17N3O2S. The molecule has 0 saturated heterocycles. The minimum Gasteiger partial charge on any atom is -0.337 e. The van der Waals surface area contributed by atoms with Crippen LogP contribution in [0, 0.1) is 6.92 Å². The maximum Gasteiger partial charge on any atom is 0.262 e. The van der Waals surface area contributed by atoms with E-state index < -0.39 is 10.0 Å². The molecule has 5 nitrogen and oxygen atoms in total. The van der Waals surface area contributed by atoms with Crippen molar-refractivity contribution in [1.29, 1.82) is 0 Å². The smallest absolute Gasteiger partial charge is 0.262 e. The molecule has 0 fully saturated rings. The van der Waals surface area contributed by atoms with E-state index in [-0.39, 0.29) is 5.03 Å². The molecule has 0 saturated carbocycles. The fraction of sp³-hybridized carbons (Fsp3) is 0.357. The lowest BCUT2D eigenvalue weighted by molar-refractivity contribution is 0.390. The Morgan fingerprint density at radius 1 is 1.20 bits per heavy atom. The quantitative estimate of drug-likeness (QED) is 0.842. The van der Waals surface area contributed by atoms with Gasteiger partial charge in [-0.25, -0.2) is 13.4 Å². The van der Waals surface area contributed by atoms with E-state index in [2.05, 4.69) is 11.1 Å². The lowest BCUT2D eigenvalue weighted by Gasteiger charge is -2.27. The van der Waals surface area contributed by atoms with Crippen LogP contribution in [0.4, 0.5) is 0 Å². The lowest BCUT2D eigenvalue weighted by atomic mass is 10.0. The molecule has 0 aliphatic carbocycles. The summed E-state index contributed by atoms with van der Waals surface area (Å²) in [7, 11) is -1.71. The Morgan fingerprint density at radius 2 is 1.90 bits per heavy atom. The van der Waals surface area contributed by atoms with Crippen LogP contribution in [0.25, 0.3) is 0 Å². The van der Waals surface area contributed by atoms with Crippen LogP contribution >= 0.6 is 0 Å². The Kier molecular flexibility index (Phi) is 3.14.